The van der Waals surface area contributed by atoms with E-state index >= 15 is 0 Å². The monoisotopic (exact) mass is 340 g/mol. The molecule has 0 aliphatic carbocycles. The minimum atomic E-state index is -0.0249. The third-order valence-electron chi connectivity index (χ3n) is 4.68. The zero-order valence-electron chi connectivity index (χ0n) is 15.2. The number of H-pyrrole nitrogens is 1. The minimum Gasteiger partial charge on any atom is -0.349 e. The third kappa shape index (κ3) is 4.92. The molecule has 1 amide bonds. The van der Waals surface area contributed by atoms with Crippen LogP contribution in [0.4, 0.5) is 0 Å². The molecule has 5 heteroatoms. The van der Waals surface area contributed by atoms with Crippen molar-refractivity contribution < 1.29 is 4.79 Å². The maximum atomic E-state index is 12.4. The predicted octanol–water partition coefficient (Wildman–Crippen LogP) is 3.20. The van der Waals surface area contributed by atoms with E-state index in [0.717, 1.165) is 42.7 Å². The van der Waals surface area contributed by atoms with Gasteiger partial charge in [0, 0.05) is 42.0 Å². The van der Waals surface area contributed by atoms with Gasteiger partial charge in [-0.25, -0.2) is 4.98 Å². The van der Waals surface area contributed by atoms with Crippen LogP contribution in [0.1, 0.15) is 38.7 Å². The van der Waals surface area contributed by atoms with Crippen LogP contribution in [0.2, 0.25) is 0 Å². The summed E-state index contributed by atoms with van der Waals surface area (Å²) in [6.07, 6.45) is 10.7. The molecular formula is C20H28N4O. The summed E-state index contributed by atoms with van der Waals surface area (Å²) in [5.41, 5.74) is 1.83. The largest absolute Gasteiger partial charge is 0.349 e. The van der Waals surface area contributed by atoms with Crippen LogP contribution >= 0.6 is 0 Å². The summed E-state index contributed by atoms with van der Waals surface area (Å²) >= 11 is 0. The van der Waals surface area contributed by atoms with Crippen molar-refractivity contribution in [3.05, 3.63) is 36.2 Å². The summed E-state index contributed by atoms with van der Waals surface area (Å²) in [5, 5.41) is 4.22. The topological polar surface area (TPSA) is 61.0 Å². The predicted molar refractivity (Wildman–Crippen MR) is 102 cm³/mol. The van der Waals surface area contributed by atoms with Crippen LogP contribution in [-0.4, -0.2) is 46.5 Å². The Morgan fingerprint density at radius 3 is 2.96 bits per heavy atom. The molecule has 5 nitrogen and oxygen atoms in total. The lowest BCUT2D eigenvalue weighted by Crippen LogP contribution is -2.43. The fourth-order valence-electron chi connectivity index (χ4n) is 3.55. The van der Waals surface area contributed by atoms with Gasteiger partial charge in [0.25, 0.3) is 0 Å². The maximum absolute atomic E-state index is 12.4. The number of fused-ring (bicyclic) bond motifs is 1. The standard InChI is InChI=1S/C20H28N4O/c1-15(2)12-17(14-24-10-3-4-11-24)23-19(25)8-7-16-13-22-20-18(16)6-5-9-21-20/h5-9,13,15,17H,3-4,10-12,14H2,1-2H3,(H,21,22)(H,23,25)/t17-/m0/s1. The lowest BCUT2D eigenvalue weighted by Gasteiger charge is -2.25. The van der Waals surface area contributed by atoms with Crippen LogP contribution in [0, 0.1) is 5.92 Å². The van der Waals surface area contributed by atoms with Crippen molar-refractivity contribution >= 4 is 23.0 Å². The Labute approximate surface area is 149 Å². The van der Waals surface area contributed by atoms with Crippen molar-refractivity contribution in [2.75, 3.05) is 19.6 Å². The average Bonchev–Trinajstić information content (AvgIpc) is 3.22. The number of nitrogens with one attached hydrogen (secondary N) is 2. The first kappa shape index (κ1) is 17.7. The molecule has 3 rings (SSSR count). The third-order valence-corrected chi connectivity index (χ3v) is 4.68. The quantitative estimate of drug-likeness (QED) is 0.761. The van der Waals surface area contributed by atoms with Crippen LogP contribution in [0.15, 0.2) is 30.6 Å². The summed E-state index contributed by atoms with van der Waals surface area (Å²) < 4.78 is 0. The summed E-state index contributed by atoms with van der Waals surface area (Å²) in [7, 11) is 0. The molecule has 3 heterocycles. The van der Waals surface area contributed by atoms with E-state index in [0.29, 0.717) is 5.92 Å². The normalized spacial score (nSPS) is 16.9. The maximum Gasteiger partial charge on any atom is 0.244 e. The summed E-state index contributed by atoms with van der Waals surface area (Å²) in [6, 6.07) is 4.12. The number of nitrogens with zero attached hydrogens (tertiary/aromatic N) is 2. The van der Waals surface area contributed by atoms with Crippen molar-refractivity contribution in [1.82, 2.24) is 20.2 Å². The molecule has 0 aromatic carbocycles. The second-order valence-corrected chi connectivity index (χ2v) is 7.32. The first-order valence-electron chi connectivity index (χ1n) is 9.25. The highest BCUT2D eigenvalue weighted by atomic mass is 16.1. The van der Waals surface area contributed by atoms with Crippen molar-refractivity contribution in [3.8, 4) is 0 Å². The number of rotatable bonds is 7. The highest BCUT2D eigenvalue weighted by Gasteiger charge is 2.19. The van der Waals surface area contributed by atoms with Crippen LogP contribution < -0.4 is 5.32 Å². The Hall–Kier alpha value is -2.14. The van der Waals surface area contributed by atoms with E-state index < -0.39 is 0 Å². The molecule has 1 saturated heterocycles. The lowest BCUT2D eigenvalue weighted by molar-refractivity contribution is -0.117. The van der Waals surface area contributed by atoms with E-state index in [-0.39, 0.29) is 11.9 Å². The Kier molecular flexibility index (Phi) is 5.87. The number of aromatic amines is 1. The van der Waals surface area contributed by atoms with Crippen molar-refractivity contribution in [2.24, 2.45) is 5.92 Å². The number of hydrogen-bond donors (Lipinski definition) is 2. The van der Waals surface area contributed by atoms with Gasteiger partial charge >= 0.3 is 0 Å². The van der Waals surface area contributed by atoms with E-state index in [1.165, 1.54) is 12.8 Å². The van der Waals surface area contributed by atoms with Crippen LogP contribution in [0.3, 0.4) is 0 Å². The number of carbonyl (C=O) groups is 1. The Morgan fingerprint density at radius 2 is 2.20 bits per heavy atom. The molecule has 1 fully saturated rings. The van der Waals surface area contributed by atoms with Gasteiger partial charge in [0.15, 0.2) is 0 Å². The van der Waals surface area contributed by atoms with Gasteiger partial charge in [0.1, 0.15) is 5.65 Å². The molecule has 1 aliphatic heterocycles. The van der Waals surface area contributed by atoms with Gasteiger partial charge in [-0.05, 0) is 56.5 Å². The SMILES string of the molecule is CC(C)C[C@@H](CN1CCCC1)NC(=O)C=Cc1c[nH]c2ncccc12. The molecule has 0 saturated carbocycles. The minimum absolute atomic E-state index is 0.0249. The fourth-order valence-corrected chi connectivity index (χ4v) is 3.55. The van der Waals surface area contributed by atoms with Gasteiger partial charge in [-0.15, -0.1) is 0 Å². The number of carbonyl (C=O) groups excluding carboxylic acids is 1. The first-order valence-corrected chi connectivity index (χ1v) is 9.25. The molecule has 1 aliphatic rings. The van der Waals surface area contributed by atoms with Crippen molar-refractivity contribution in [3.63, 3.8) is 0 Å². The van der Waals surface area contributed by atoms with Crippen molar-refractivity contribution in [2.45, 2.75) is 39.2 Å². The number of pyridine rings is 1. The van der Waals surface area contributed by atoms with Gasteiger partial charge in [0.05, 0.1) is 0 Å². The Morgan fingerprint density at radius 1 is 1.40 bits per heavy atom. The molecular weight excluding hydrogens is 312 g/mol. The smallest absolute Gasteiger partial charge is 0.244 e. The van der Waals surface area contributed by atoms with Crippen LogP contribution in [0.25, 0.3) is 17.1 Å². The van der Waals surface area contributed by atoms with Gasteiger partial charge in [-0.1, -0.05) is 13.8 Å². The molecule has 1 atom stereocenters. The Balaban J connectivity index is 1.61. The molecule has 2 N–H and O–H groups in total. The van der Waals surface area contributed by atoms with Gasteiger partial charge in [0.2, 0.25) is 5.91 Å². The summed E-state index contributed by atoms with van der Waals surface area (Å²) in [5.74, 6) is 0.541. The molecule has 134 valence electrons. The molecule has 0 radical (unpaired) electrons. The number of amides is 1. The highest BCUT2D eigenvalue weighted by Crippen LogP contribution is 2.17. The lowest BCUT2D eigenvalue weighted by atomic mass is 10.0. The summed E-state index contributed by atoms with van der Waals surface area (Å²) in [4.78, 5) is 22.3. The number of aromatic nitrogens is 2. The zero-order chi connectivity index (χ0) is 17.6. The molecule has 0 bridgehead atoms. The van der Waals surface area contributed by atoms with E-state index in [1.54, 1.807) is 12.3 Å². The molecule has 0 unspecified atom stereocenters. The summed E-state index contributed by atoms with van der Waals surface area (Å²) in [6.45, 7) is 7.68. The van der Waals surface area contributed by atoms with Gasteiger partial charge < -0.3 is 15.2 Å². The molecule has 0 spiro atoms. The first-order chi connectivity index (χ1) is 12.1. The van der Waals surface area contributed by atoms with E-state index in [2.05, 4.69) is 34.0 Å². The molecule has 2 aromatic heterocycles. The molecule has 25 heavy (non-hydrogen) atoms. The van der Waals surface area contributed by atoms with E-state index in [1.807, 2.05) is 24.4 Å². The molecule has 2 aromatic rings. The highest BCUT2D eigenvalue weighted by molar-refractivity contribution is 5.95. The van der Waals surface area contributed by atoms with E-state index in [9.17, 15) is 4.79 Å². The van der Waals surface area contributed by atoms with Crippen LogP contribution in [0.5, 0.6) is 0 Å². The van der Waals surface area contributed by atoms with Crippen molar-refractivity contribution in [1.29, 1.82) is 0 Å². The van der Waals surface area contributed by atoms with Gasteiger partial charge in [-0.3, -0.25) is 4.79 Å². The Bertz CT molecular complexity index is 728. The number of hydrogen-bond acceptors (Lipinski definition) is 3. The second-order valence-electron chi connectivity index (χ2n) is 7.32. The van der Waals surface area contributed by atoms with Gasteiger partial charge in [-0.2, -0.15) is 0 Å². The van der Waals surface area contributed by atoms with Crippen LogP contribution in [-0.2, 0) is 4.79 Å². The number of likely N-dealkylation sites (tertiary alicyclic amines) is 1. The fraction of sp³-hybridized carbons (Fsp3) is 0.500. The second kappa shape index (κ2) is 8.30. The average molecular weight is 340 g/mol. The van der Waals surface area contributed by atoms with E-state index in [4.69, 9.17) is 0 Å². The zero-order valence-corrected chi connectivity index (χ0v) is 15.2.